The summed E-state index contributed by atoms with van der Waals surface area (Å²) in [4.78, 5) is 126. The second-order valence-electron chi connectivity index (χ2n) is 25.6. The number of unbranched alkanes of at least 4 members (excludes halogenated alkanes) is 6. The maximum Gasteiger partial charge on any atom is 0.430 e. The van der Waals surface area contributed by atoms with Crippen LogP contribution in [0.3, 0.4) is 0 Å². The molecule has 618 valence electrons. The Morgan fingerprint density at radius 3 is 1.25 bits per heavy atom. The quantitative estimate of drug-likeness (QED) is 0.0200. The van der Waals surface area contributed by atoms with Crippen LogP contribution in [0.15, 0.2) is 211 Å². The van der Waals surface area contributed by atoms with Crippen molar-refractivity contribution in [2.45, 2.75) is 99.7 Å². The molecule has 2 atom stereocenters. The molecular weight excluding hydrogens is 1570 g/mol. The molecule has 10 aromatic rings. The largest absolute Gasteiger partial charge is 0.542 e. The highest BCUT2D eigenvalue weighted by Gasteiger charge is 2.29. The molecule has 0 aliphatic rings. The van der Waals surface area contributed by atoms with Crippen molar-refractivity contribution in [1.82, 2.24) is 48.3 Å². The van der Waals surface area contributed by atoms with Gasteiger partial charge in [0.25, 0.3) is 34.1 Å². The summed E-state index contributed by atoms with van der Waals surface area (Å²) < 4.78 is 109. The highest BCUT2D eigenvalue weighted by atomic mass is 32.2. The molecule has 4 amide bonds. The summed E-state index contributed by atoms with van der Waals surface area (Å²) in [5.74, 6) is -6.09. The molecule has 2 aromatic carbocycles. The van der Waals surface area contributed by atoms with Gasteiger partial charge in [0.1, 0.15) is 35.0 Å². The van der Waals surface area contributed by atoms with E-state index >= 15 is 0 Å². The van der Waals surface area contributed by atoms with Crippen LogP contribution in [0.25, 0.3) is 22.1 Å². The minimum atomic E-state index is -5.19. The van der Waals surface area contributed by atoms with Crippen molar-refractivity contribution in [2.75, 3.05) is 52.5 Å². The van der Waals surface area contributed by atoms with E-state index in [1.54, 1.807) is 111 Å². The van der Waals surface area contributed by atoms with Crippen molar-refractivity contribution in [1.29, 1.82) is 0 Å². The number of hydrogen-bond donors (Lipinski definition) is 10. The highest BCUT2D eigenvalue weighted by molar-refractivity contribution is 7.89. The van der Waals surface area contributed by atoms with Gasteiger partial charge in [-0.15, -0.1) is 0 Å². The third kappa shape index (κ3) is 31.2. The van der Waals surface area contributed by atoms with Gasteiger partial charge >= 0.3 is 18.1 Å². The zero-order valence-corrected chi connectivity index (χ0v) is 64.8. The number of carbonyl (C=O) groups is 7. The van der Waals surface area contributed by atoms with Crippen LogP contribution >= 0.6 is 0 Å². The lowest BCUT2D eigenvalue weighted by atomic mass is 10.1. The predicted octanol–water partition coefficient (Wildman–Crippen LogP) is 4.11. The second kappa shape index (κ2) is 45.4. The second-order valence-corrected chi connectivity index (χ2v) is 29.0. The van der Waals surface area contributed by atoms with Gasteiger partial charge in [-0.05, 0) is 150 Å². The number of halogens is 3. The maximum atomic E-state index is 12.7. The number of aromatic nitrogens is 4. The maximum absolute atomic E-state index is 12.7. The number of aryl methyl sites for hydroxylation is 1. The Bertz CT molecular complexity index is 5610. The number of carboxylic acid groups (broad SMARTS) is 3. The van der Waals surface area contributed by atoms with Crippen molar-refractivity contribution < 1.29 is 104 Å². The molecule has 8 aromatic heterocycles. The lowest BCUT2D eigenvalue weighted by Crippen LogP contribution is -2.50. The molecule has 0 aliphatic heterocycles. The van der Waals surface area contributed by atoms with E-state index in [1.807, 2.05) is 13.0 Å². The first-order valence-corrected chi connectivity index (χ1v) is 38.9. The summed E-state index contributed by atoms with van der Waals surface area (Å²) in [6.45, 7) is 6.34. The van der Waals surface area contributed by atoms with Gasteiger partial charge in [0.05, 0.1) is 63.8 Å². The first-order chi connectivity index (χ1) is 55.4. The molecule has 0 spiro atoms. The molecule has 0 aliphatic carbocycles. The average Bonchev–Trinajstić information content (AvgIpc) is 0.813. The summed E-state index contributed by atoms with van der Waals surface area (Å²) in [6, 6.07) is 37.3. The van der Waals surface area contributed by atoms with Crippen LogP contribution in [0, 0.1) is 6.92 Å². The van der Waals surface area contributed by atoms with E-state index < -0.39 is 97.3 Å². The zero-order chi connectivity index (χ0) is 86.0. The van der Waals surface area contributed by atoms with E-state index in [0.29, 0.717) is 72.2 Å². The number of pyridine rings is 8. The van der Waals surface area contributed by atoms with Gasteiger partial charge in [0.15, 0.2) is 27.3 Å². The summed E-state index contributed by atoms with van der Waals surface area (Å²) in [6.07, 6.45) is 8.80. The standard InChI is InChI=1S/C25H29BN4O6S.C24H28N4O7S.C16H17BN2O5.C10H9NO2.C2HF3O2/c1-18(29-37(34,35)22-8-4-2-5-9-22)17-28-24(32)19-14-20-16-21(10-12-30(20)23(31)15-19)36-13-7-3-6-11-27-25(26)33;25-10-5-2-6-12-35-19-9-11-28-18(15-19)13-17(14-22(28)29)23(30)26-16-21(24(31)32)27-36(33,34)20-7-3-1-4-8-20;17-16(23)18-5-2-1-3-7-24-13-4-6-19-12(10-13)8-11(15(21)22)9-14(19)20;1-7-4-8-6-9(12)2-3-11(8)10(13)5-7;3-2(4,5)1(6)7/h2,4-5,8-10,12,14-16,18,29H,3,6-7,11,13,17H2,1H3,(H,27,33)(H,28,32);1,3-4,7-9,11,13-15,21,27H,2,5-6,10,12,16,25H2,(H,26,30)(H,31,32);4,6,8-10H,1-3,5,7H2,(H,18,23)(H,21,22);2-6,12H,1H3;(H,6,7)/t18-;21-;;;/m10.../s1. The normalized spacial score (nSPS) is 11.6. The van der Waals surface area contributed by atoms with Gasteiger partial charge in [0.2, 0.25) is 20.0 Å². The number of amides is 4. The first-order valence-electron chi connectivity index (χ1n) is 36.0. The number of carboxylic acids is 3. The molecule has 8 heterocycles. The number of aromatic hydroxyl groups is 1. The number of benzene rings is 2. The van der Waals surface area contributed by atoms with Crippen LogP contribution in [0.4, 0.5) is 22.8 Å². The van der Waals surface area contributed by atoms with Crippen LogP contribution < -0.4 is 78.0 Å². The molecule has 40 heteroatoms. The minimum absolute atomic E-state index is 0.00245. The monoisotopic (exact) mass is 1660 g/mol. The predicted molar refractivity (Wildman–Crippen MR) is 422 cm³/mol. The average molecular weight is 1660 g/mol. The SMILES string of the molecule is Cc1cc(=O)n2ccc(O)cc2c1.O=C([O-])C(F)(F)F.[B]C(=O)NCCCCCOc1ccn2c(=O)cc(C(=O)NC[C@@H](C)NS(=O)(=O)c3ccccc3)cc2c1.[B]C(=O)NCCCCCOc1ccn2c(=O)cc(C(=O)O)cc2c1.[NH3+]CCCCCOc1ccn2c(=O)cc(C(=O)NC[C@H](NS(=O)(=O)c3ccccc3)C(=O)O)cc2c1. The molecular formula is C77H84B2F3N11O22S2. The Labute approximate surface area is 669 Å². The highest BCUT2D eigenvalue weighted by Crippen LogP contribution is 2.20. The van der Waals surface area contributed by atoms with Gasteiger partial charge in [-0.25, -0.2) is 26.4 Å². The molecule has 0 unspecified atom stereocenters. The van der Waals surface area contributed by atoms with Gasteiger partial charge in [-0.3, -0.25) is 60.8 Å². The van der Waals surface area contributed by atoms with Crippen molar-refractivity contribution in [2.24, 2.45) is 0 Å². The third-order valence-corrected chi connectivity index (χ3v) is 19.4. The number of aliphatic carboxylic acids is 2. The van der Waals surface area contributed by atoms with E-state index in [1.165, 1.54) is 78.3 Å². The van der Waals surface area contributed by atoms with Crippen molar-refractivity contribution in [3.05, 3.63) is 246 Å². The number of alkyl halides is 3. The van der Waals surface area contributed by atoms with Crippen LogP contribution in [-0.4, -0.2) is 178 Å². The molecule has 4 radical (unpaired) electrons. The van der Waals surface area contributed by atoms with E-state index in [0.717, 1.165) is 82.0 Å². The van der Waals surface area contributed by atoms with Crippen molar-refractivity contribution >= 4 is 99.1 Å². The number of rotatable bonds is 34. The number of aromatic carboxylic acids is 1. The molecule has 0 saturated heterocycles. The topological polar surface area (TPSA) is 485 Å². The Morgan fingerprint density at radius 1 is 0.487 bits per heavy atom. The summed E-state index contributed by atoms with van der Waals surface area (Å²) >= 11 is 0. The van der Waals surface area contributed by atoms with Gasteiger partial charge in [-0.1, -0.05) is 36.4 Å². The van der Waals surface area contributed by atoms with Gasteiger partial charge in [0, 0.05) is 117 Å². The fraction of sp³-hybridized carbons (Fsp3) is 0.286. The molecule has 33 nitrogen and oxygen atoms in total. The number of ether oxygens (including phenoxy) is 3. The Balaban J connectivity index is 0.000000247. The Morgan fingerprint density at radius 2 is 0.855 bits per heavy atom. The minimum Gasteiger partial charge on any atom is -0.542 e. The smallest absolute Gasteiger partial charge is 0.430 e. The fourth-order valence-corrected chi connectivity index (χ4v) is 13.0. The van der Waals surface area contributed by atoms with Crippen molar-refractivity contribution in [3.8, 4) is 23.0 Å². The zero-order valence-electron chi connectivity index (χ0n) is 63.2. The van der Waals surface area contributed by atoms with Crippen LogP contribution in [0.2, 0.25) is 0 Å². The molecule has 117 heavy (non-hydrogen) atoms. The number of fused-ring (bicyclic) bond motifs is 4. The summed E-state index contributed by atoms with van der Waals surface area (Å²) in [5, 5.41) is 46.5. The van der Waals surface area contributed by atoms with Gasteiger partial charge in [-0.2, -0.15) is 17.9 Å². The number of carbonyl (C=O) groups excluding carboxylic acids is 5. The lowest BCUT2D eigenvalue weighted by molar-refractivity contribution is -0.368. The first kappa shape index (κ1) is 93.2. The summed E-state index contributed by atoms with van der Waals surface area (Å²) in [7, 11) is 2.13. The van der Waals surface area contributed by atoms with Gasteiger partial charge < -0.3 is 66.4 Å². The number of hydrogen-bond acceptors (Lipinski definition) is 20. The molecule has 0 bridgehead atoms. The lowest BCUT2D eigenvalue weighted by Gasteiger charge is -2.16. The van der Waals surface area contributed by atoms with Crippen LogP contribution in [0.5, 0.6) is 23.0 Å². The number of quaternary nitrogens is 1. The van der Waals surface area contributed by atoms with Crippen LogP contribution in [0.1, 0.15) is 101 Å². The molecule has 10 rings (SSSR count). The Kier molecular flexibility index (Phi) is 36.2. The van der Waals surface area contributed by atoms with Crippen LogP contribution in [-0.2, 0) is 29.6 Å². The number of sulfonamides is 2. The van der Waals surface area contributed by atoms with Crippen molar-refractivity contribution in [3.63, 3.8) is 0 Å². The molecule has 12 N–H and O–H groups in total. The number of nitrogens with one attached hydrogen (secondary N) is 6. The molecule has 0 saturated carbocycles. The van der Waals surface area contributed by atoms with E-state index in [-0.39, 0.29) is 49.9 Å². The Hall–Kier alpha value is -12.7. The van der Waals surface area contributed by atoms with E-state index in [2.05, 4.69) is 36.4 Å². The summed E-state index contributed by atoms with van der Waals surface area (Å²) in [5.41, 5.74) is 5.56. The molecule has 0 fully saturated rings. The van der Waals surface area contributed by atoms with E-state index in [4.69, 9.17) is 44.9 Å². The van der Waals surface area contributed by atoms with E-state index in [9.17, 15) is 88.2 Å². The third-order valence-electron chi connectivity index (χ3n) is 16.3. The number of nitrogens with zero attached hydrogens (tertiary/aromatic N) is 4. The fourth-order valence-electron chi connectivity index (χ4n) is 10.6.